The van der Waals surface area contributed by atoms with Crippen LogP contribution in [0.5, 0.6) is 0 Å². The molecule has 2 rings (SSSR count). The molecule has 21 heavy (non-hydrogen) atoms. The van der Waals surface area contributed by atoms with Gasteiger partial charge in [0, 0.05) is 12.8 Å². The molecule has 0 fully saturated rings. The van der Waals surface area contributed by atoms with Gasteiger partial charge >= 0.3 is 0 Å². The lowest BCUT2D eigenvalue weighted by molar-refractivity contribution is -0.121. The van der Waals surface area contributed by atoms with Crippen LogP contribution in [-0.2, 0) is 9.59 Å². The van der Waals surface area contributed by atoms with Crippen LogP contribution in [0.25, 0.3) is 0 Å². The number of aldehydes is 1. The summed E-state index contributed by atoms with van der Waals surface area (Å²) >= 11 is 0. The van der Waals surface area contributed by atoms with Crippen LogP contribution in [0, 0.1) is 0 Å². The van der Waals surface area contributed by atoms with Gasteiger partial charge in [-0.05, 0) is 17.5 Å². The van der Waals surface area contributed by atoms with Crippen molar-refractivity contribution >= 4 is 12.2 Å². The lowest BCUT2D eigenvalue weighted by Crippen LogP contribution is -2.29. The fraction of sp³-hybridized carbons (Fsp3) is 0.222. The summed E-state index contributed by atoms with van der Waals surface area (Å²) in [6.45, 7) is 0. The Morgan fingerprint density at radius 3 is 1.95 bits per heavy atom. The summed E-state index contributed by atoms with van der Waals surface area (Å²) in [5, 5.41) is 3.05. The average molecular weight is 281 g/mol. The minimum atomic E-state index is -0.156. The van der Waals surface area contributed by atoms with Gasteiger partial charge in [0.25, 0.3) is 0 Å². The lowest BCUT2D eigenvalue weighted by Gasteiger charge is -2.19. The van der Waals surface area contributed by atoms with Crippen LogP contribution in [0.3, 0.4) is 0 Å². The van der Waals surface area contributed by atoms with Crippen molar-refractivity contribution in [3.63, 3.8) is 0 Å². The van der Waals surface area contributed by atoms with Crippen LogP contribution in [0.4, 0.5) is 0 Å². The zero-order valence-corrected chi connectivity index (χ0v) is 11.9. The molecule has 0 aromatic heterocycles. The molecule has 108 valence electrons. The van der Waals surface area contributed by atoms with Crippen molar-refractivity contribution in [2.24, 2.45) is 0 Å². The topological polar surface area (TPSA) is 46.2 Å². The normalized spacial score (nSPS) is 10.3. The van der Waals surface area contributed by atoms with Gasteiger partial charge < -0.3 is 10.1 Å². The SMILES string of the molecule is O=CCCCC(=O)NC(c1ccccc1)c1ccccc1. The minimum Gasteiger partial charge on any atom is -0.345 e. The Kier molecular flexibility index (Phi) is 5.71. The first-order valence-corrected chi connectivity index (χ1v) is 7.14. The predicted molar refractivity (Wildman–Crippen MR) is 82.8 cm³/mol. The van der Waals surface area contributed by atoms with E-state index in [4.69, 9.17) is 0 Å². The Hall–Kier alpha value is -2.42. The summed E-state index contributed by atoms with van der Waals surface area (Å²) < 4.78 is 0. The number of amides is 1. The van der Waals surface area contributed by atoms with Crippen molar-refractivity contribution in [1.29, 1.82) is 0 Å². The minimum absolute atomic E-state index is 0.0328. The Morgan fingerprint density at radius 2 is 1.48 bits per heavy atom. The van der Waals surface area contributed by atoms with Gasteiger partial charge in [-0.2, -0.15) is 0 Å². The summed E-state index contributed by atoms with van der Waals surface area (Å²) in [5.74, 6) is -0.0328. The van der Waals surface area contributed by atoms with E-state index >= 15 is 0 Å². The van der Waals surface area contributed by atoms with Gasteiger partial charge in [-0.15, -0.1) is 0 Å². The molecule has 0 heterocycles. The smallest absolute Gasteiger partial charge is 0.220 e. The number of carbonyl (C=O) groups is 2. The third-order valence-corrected chi connectivity index (χ3v) is 3.30. The molecule has 1 N–H and O–H groups in total. The second-order valence-electron chi connectivity index (χ2n) is 4.88. The van der Waals surface area contributed by atoms with Gasteiger partial charge in [-0.25, -0.2) is 0 Å². The second kappa shape index (κ2) is 8.00. The fourth-order valence-corrected chi connectivity index (χ4v) is 2.23. The molecule has 2 aromatic carbocycles. The number of carbonyl (C=O) groups excluding carboxylic acids is 2. The van der Waals surface area contributed by atoms with Gasteiger partial charge in [0.1, 0.15) is 6.29 Å². The van der Waals surface area contributed by atoms with Crippen LogP contribution in [0.15, 0.2) is 60.7 Å². The van der Waals surface area contributed by atoms with Gasteiger partial charge in [-0.1, -0.05) is 60.7 Å². The third kappa shape index (κ3) is 4.56. The molecule has 3 heteroatoms. The molecule has 3 nitrogen and oxygen atoms in total. The highest BCUT2D eigenvalue weighted by molar-refractivity contribution is 5.77. The molecule has 0 atom stereocenters. The number of unbranched alkanes of at least 4 members (excludes halogenated alkanes) is 1. The molecule has 0 saturated carbocycles. The largest absolute Gasteiger partial charge is 0.345 e. The zero-order valence-electron chi connectivity index (χ0n) is 11.9. The number of benzene rings is 2. The van der Waals surface area contributed by atoms with Gasteiger partial charge in [-0.3, -0.25) is 4.79 Å². The van der Waals surface area contributed by atoms with E-state index in [9.17, 15) is 9.59 Å². The van der Waals surface area contributed by atoms with E-state index in [1.807, 2.05) is 60.7 Å². The highest BCUT2D eigenvalue weighted by atomic mass is 16.1. The van der Waals surface area contributed by atoms with E-state index in [1.54, 1.807) is 0 Å². The standard InChI is InChI=1S/C18H19NO2/c20-14-8-7-13-17(21)19-18(15-9-3-1-4-10-15)16-11-5-2-6-12-16/h1-6,9-12,14,18H,7-8,13H2,(H,19,21). The first-order chi connectivity index (χ1) is 10.3. The maximum atomic E-state index is 12.0. The molecule has 0 aliphatic carbocycles. The van der Waals surface area contributed by atoms with Crippen LogP contribution in [0.1, 0.15) is 36.4 Å². The van der Waals surface area contributed by atoms with E-state index in [1.165, 1.54) is 0 Å². The van der Waals surface area contributed by atoms with Gasteiger partial charge in [0.05, 0.1) is 6.04 Å². The Morgan fingerprint density at radius 1 is 0.952 bits per heavy atom. The van der Waals surface area contributed by atoms with Crippen molar-refractivity contribution in [2.75, 3.05) is 0 Å². The van der Waals surface area contributed by atoms with Crippen LogP contribution in [0.2, 0.25) is 0 Å². The van der Waals surface area contributed by atoms with Crippen molar-refractivity contribution in [2.45, 2.75) is 25.3 Å². The van der Waals surface area contributed by atoms with Crippen molar-refractivity contribution < 1.29 is 9.59 Å². The summed E-state index contributed by atoms with van der Waals surface area (Å²) in [6, 6.07) is 19.6. The van der Waals surface area contributed by atoms with Crippen LogP contribution in [-0.4, -0.2) is 12.2 Å². The number of nitrogens with one attached hydrogen (secondary N) is 1. The first kappa shape index (κ1) is 15.0. The Balaban J connectivity index is 2.14. The molecule has 0 saturated heterocycles. The lowest BCUT2D eigenvalue weighted by atomic mass is 9.98. The molecule has 1 amide bonds. The molecule has 0 unspecified atom stereocenters. The first-order valence-electron chi connectivity index (χ1n) is 7.14. The number of hydrogen-bond acceptors (Lipinski definition) is 2. The van der Waals surface area contributed by atoms with Gasteiger partial charge in [0.2, 0.25) is 5.91 Å². The summed E-state index contributed by atoms with van der Waals surface area (Å²) in [6.07, 6.45) is 2.23. The Labute approximate surface area is 125 Å². The number of rotatable bonds is 7. The van der Waals surface area contributed by atoms with Crippen molar-refractivity contribution in [3.05, 3.63) is 71.8 Å². The monoisotopic (exact) mass is 281 g/mol. The van der Waals surface area contributed by atoms with E-state index in [2.05, 4.69) is 5.32 Å². The predicted octanol–water partition coefficient (Wildman–Crippen LogP) is 3.26. The molecular weight excluding hydrogens is 262 g/mol. The van der Waals surface area contributed by atoms with Gasteiger partial charge in [0.15, 0.2) is 0 Å². The zero-order chi connectivity index (χ0) is 14.9. The van der Waals surface area contributed by atoms with E-state index in [0.29, 0.717) is 19.3 Å². The van der Waals surface area contributed by atoms with E-state index in [-0.39, 0.29) is 11.9 Å². The van der Waals surface area contributed by atoms with E-state index < -0.39 is 0 Å². The van der Waals surface area contributed by atoms with Crippen molar-refractivity contribution in [3.8, 4) is 0 Å². The molecule has 0 bridgehead atoms. The maximum absolute atomic E-state index is 12.0. The van der Waals surface area contributed by atoms with Crippen LogP contribution < -0.4 is 5.32 Å². The molecular formula is C18H19NO2. The summed E-state index contributed by atoms with van der Waals surface area (Å²) in [5.41, 5.74) is 2.10. The third-order valence-electron chi connectivity index (χ3n) is 3.30. The quantitative estimate of drug-likeness (QED) is 0.625. The molecule has 0 spiro atoms. The maximum Gasteiger partial charge on any atom is 0.220 e. The average Bonchev–Trinajstić information content (AvgIpc) is 2.54. The molecule has 0 aliphatic rings. The highest BCUT2D eigenvalue weighted by Crippen LogP contribution is 2.21. The van der Waals surface area contributed by atoms with Crippen LogP contribution >= 0.6 is 0 Å². The molecule has 0 radical (unpaired) electrons. The second-order valence-corrected chi connectivity index (χ2v) is 4.88. The summed E-state index contributed by atoms with van der Waals surface area (Å²) in [4.78, 5) is 22.4. The number of hydrogen-bond donors (Lipinski definition) is 1. The fourth-order valence-electron chi connectivity index (χ4n) is 2.23. The van der Waals surface area contributed by atoms with Crippen molar-refractivity contribution in [1.82, 2.24) is 5.32 Å². The molecule has 0 aliphatic heterocycles. The highest BCUT2D eigenvalue weighted by Gasteiger charge is 2.15. The summed E-state index contributed by atoms with van der Waals surface area (Å²) in [7, 11) is 0. The molecule has 2 aromatic rings. The van der Waals surface area contributed by atoms with E-state index in [0.717, 1.165) is 17.4 Å². The Bertz CT molecular complexity index is 527.